The first-order valence-electron chi connectivity index (χ1n) is 12.8. The lowest BCUT2D eigenvalue weighted by Crippen LogP contribution is -2.58. The number of aliphatic hydroxyl groups excluding tert-OH is 12. The van der Waals surface area contributed by atoms with Crippen LogP contribution in [-0.2, 0) is 14.2 Å². The summed E-state index contributed by atoms with van der Waals surface area (Å²) in [4.78, 5) is 0. The highest BCUT2D eigenvalue weighted by Gasteiger charge is 2.46. The van der Waals surface area contributed by atoms with Crippen LogP contribution in [0.5, 0.6) is 0 Å². The Morgan fingerprint density at radius 2 is 1.16 bits per heavy atom. The van der Waals surface area contributed by atoms with E-state index in [2.05, 4.69) is 0 Å². The molecule has 15 heteroatoms. The molecule has 0 radical (unpaired) electrons. The summed E-state index contributed by atoms with van der Waals surface area (Å²) >= 11 is 0. The maximum Gasteiger partial charge on any atom is 0.111 e. The molecule has 12 N–H and O–H groups in total. The van der Waals surface area contributed by atoms with Crippen LogP contribution < -0.4 is 0 Å². The largest absolute Gasteiger partial charge is 0.394 e. The molecule has 14 atom stereocenters. The van der Waals surface area contributed by atoms with E-state index in [-0.39, 0.29) is 19.4 Å². The average molecular weight is 561 g/mol. The molecule has 0 aromatic rings. The zero-order valence-electron chi connectivity index (χ0n) is 21.0. The molecule has 0 aliphatic carbocycles. The van der Waals surface area contributed by atoms with E-state index in [1.807, 2.05) is 0 Å². The van der Waals surface area contributed by atoms with Gasteiger partial charge in [-0.3, -0.25) is 0 Å². The van der Waals surface area contributed by atoms with Gasteiger partial charge in [-0.15, -0.1) is 0 Å². The van der Waals surface area contributed by atoms with Crippen LogP contribution >= 0.6 is 0 Å². The minimum absolute atomic E-state index is 0.183. The van der Waals surface area contributed by atoms with Crippen molar-refractivity contribution in [2.45, 2.75) is 92.5 Å². The molecule has 0 amide bonds. The number of aliphatic hydroxyl groups is 12. The molecule has 226 valence electrons. The lowest BCUT2D eigenvalue weighted by Gasteiger charge is -2.43. The highest BCUT2D eigenvalue weighted by atomic mass is 16.6. The van der Waals surface area contributed by atoms with Gasteiger partial charge in [-0.1, -0.05) is 6.42 Å². The molecular weight excluding hydrogens is 516 g/mol. The van der Waals surface area contributed by atoms with E-state index in [0.29, 0.717) is 6.42 Å². The Morgan fingerprint density at radius 1 is 0.605 bits per heavy atom. The van der Waals surface area contributed by atoms with Crippen molar-refractivity contribution in [1.82, 2.24) is 0 Å². The summed E-state index contributed by atoms with van der Waals surface area (Å²) < 4.78 is 16.6. The van der Waals surface area contributed by atoms with E-state index < -0.39 is 118 Å². The van der Waals surface area contributed by atoms with Gasteiger partial charge in [-0.2, -0.15) is 0 Å². The molecule has 2 heterocycles. The number of hydrogen-bond donors (Lipinski definition) is 12. The summed E-state index contributed by atoms with van der Waals surface area (Å²) in [5, 5.41) is 118. The van der Waals surface area contributed by atoms with Crippen molar-refractivity contribution in [2.24, 2.45) is 11.8 Å². The first kappa shape index (κ1) is 33.6. The second-order valence-corrected chi connectivity index (χ2v) is 10.0. The lowest BCUT2D eigenvalue weighted by atomic mass is 9.82. The van der Waals surface area contributed by atoms with Gasteiger partial charge in [-0.05, 0) is 12.8 Å². The average Bonchev–Trinajstić information content (AvgIpc) is 2.92. The Hall–Kier alpha value is -0.600. The first-order valence-corrected chi connectivity index (χ1v) is 12.8. The van der Waals surface area contributed by atoms with Gasteiger partial charge in [-0.25, -0.2) is 0 Å². The zero-order chi connectivity index (χ0) is 28.6. The smallest absolute Gasteiger partial charge is 0.111 e. The van der Waals surface area contributed by atoms with Crippen LogP contribution in [0.2, 0.25) is 0 Å². The van der Waals surface area contributed by atoms with E-state index in [1.54, 1.807) is 0 Å². The Labute approximate surface area is 220 Å². The molecule has 2 aliphatic heterocycles. The Bertz CT molecular complexity index is 654. The van der Waals surface area contributed by atoms with Gasteiger partial charge < -0.3 is 75.5 Å². The Balaban J connectivity index is 1.91. The van der Waals surface area contributed by atoms with Crippen molar-refractivity contribution in [2.75, 3.05) is 39.6 Å². The summed E-state index contributed by atoms with van der Waals surface area (Å²) in [5.74, 6) is -1.90. The van der Waals surface area contributed by atoms with Crippen molar-refractivity contribution >= 4 is 0 Å². The molecule has 0 aromatic carbocycles. The standard InChI is InChI=1S/C23H44O15/c24-4-12(28)11(18(30)13(29)5-25)8-36-9-17-22(34)19(31)10(15(6-26)38-17)2-1-3-14-20(32)23(35)21(33)16(7-27)37-14/h10-35H,1-9H2. The third-order valence-electron chi connectivity index (χ3n) is 7.49. The first-order chi connectivity index (χ1) is 18.0. The molecule has 14 unspecified atom stereocenters. The molecule has 38 heavy (non-hydrogen) atoms. The number of rotatable bonds is 15. The predicted octanol–water partition coefficient (Wildman–Crippen LogP) is -6.20. The topological polar surface area (TPSA) is 270 Å². The zero-order valence-corrected chi connectivity index (χ0v) is 21.0. The van der Waals surface area contributed by atoms with Crippen LogP contribution in [0.25, 0.3) is 0 Å². The quantitative estimate of drug-likeness (QED) is 0.0888. The summed E-state index contributed by atoms with van der Waals surface area (Å²) in [6.45, 7) is -3.32. The van der Waals surface area contributed by atoms with E-state index in [9.17, 15) is 56.2 Å². The van der Waals surface area contributed by atoms with Crippen molar-refractivity contribution < 1.29 is 75.5 Å². The summed E-state index contributed by atoms with van der Waals surface area (Å²) in [6.07, 6.45) is -15.1. The van der Waals surface area contributed by atoms with Crippen LogP contribution in [0, 0.1) is 11.8 Å². The molecule has 15 nitrogen and oxygen atoms in total. The van der Waals surface area contributed by atoms with Gasteiger partial charge in [0.25, 0.3) is 0 Å². The van der Waals surface area contributed by atoms with E-state index >= 15 is 0 Å². The maximum absolute atomic E-state index is 10.7. The molecule has 2 saturated heterocycles. The maximum atomic E-state index is 10.7. The minimum atomic E-state index is -1.62. The van der Waals surface area contributed by atoms with Gasteiger partial charge in [0.2, 0.25) is 0 Å². The highest BCUT2D eigenvalue weighted by Crippen LogP contribution is 2.32. The number of ether oxygens (including phenoxy) is 3. The van der Waals surface area contributed by atoms with Crippen molar-refractivity contribution in [3.8, 4) is 0 Å². The fraction of sp³-hybridized carbons (Fsp3) is 1.00. The fourth-order valence-electron chi connectivity index (χ4n) is 5.03. The fourth-order valence-corrected chi connectivity index (χ4v) is 5.03. The molecular formula is C23H44O15. The van der Waals surface area contributed by atoms with E-state index in [1.165, 1.54) is 0 Å². The molecule has 0 aromatic heterocycles. The third-order valence-corrected chi connectivity index (χ3v) is 7.49. The highest BCUT2D eigenvalue weighted by molar-refractivity contribution is 4.94. The van der Waals surface area contributed by atoms with Crippen molar-refractivity contribution in [3.63, 3.8) is 0 Å². The number of hydrogen-bond acceptors (Lipinski definition) is 15. The van der Waals surface area contributed by atoms with E-state index in [0.717, 1.165) is 0 Å². The normalized spacial score (nSPS) is 39.5. The van der Waals surface area contributed by atoms with Gasteiger partial charge in [0.05, 0.1) is 70.2 Å². The summed E-state index contributed by atoms with van der Waals surface area (Å²) in [5.41, 5.74) is 0. The Morgan fingerprint density at radius 3 is 1.74 bits per heavy atom. The molecule has 0 spiro atoms. The van der Waals surface area contributed by atoms with Crippen LogP contribution in [0.4, 0.5) is 0 Å². The second kappa shape index (κ2) is 16.0. The van der Waals surface area contributed by atoms with Gasteiger partial charge >= 0.3 is 0 Å². The monoisotopic (exact) mass is 560 g/mol. The minimum Gasteiger partial charge on any atom is -0.394 e. The van der Waals surface area contributed by atoms with Gasteiger partial charge in [0.1, 0.15) is 42.7 Å². The van der Waals surface area contributed by atoms with Crippen LogP contribution in [0.15, 0.2) is 0 Å². The van der Waals surface area contributed by atoms with Crippen LogP contribution in [0.3, 0.4) is 0 Å². The molecule has 0 bridgehead atoms. The Kier molecular flexibility index (Phi) is 14.1. The van der Waals surface area contributed by atoms with E-state index in [4.69, 9.17) is 19.3 Å². The van der Waals surface area contributed by atoms with Crippen LogP contribution in [-0.4, -0.2) is 174 Å². The predicted molar refractivity (Wildman–Crippen MR) is 125 cm³/mol. The van der Waals surface area contributed by atoms with Gasteiger partial charge in [0.15, 0.2) is 0 Å². The summed E-state index contributed by atoms with van der Waals surface area (Å²) in [6, 6.07) is 0. The van der Waals surface area contributed by atoms with Crippen molar-refractivity contribution in [1.29, 1.82) is 0 Å². The molecule has 0 saturated carbocycles. The molecule has 2 rings (SSSR count). The summed E-state index contributed by atoms with van der Waals surface area (Å²) in [7, 11) is 0. The molecule has 2 aliphatic rings. The van der Waals surface area contributed by atoms with Gasteiger partial charge in [0, 0.05) is 11.8 Å². The lowest BCUT2D eigenvalue weighted by molar-refractivity contribution is -0.233. The van der Waals surface area contributed by atoms with Crippen molar-refractivity contribution in [3.05, 3.63) is 0 Å². The third kappa shape index (κ3) is 8.22. The SMILES string of the molecule is OCC(O)C(O)C(COCC1OC(CO)C(CCCC2OC(CO)C(O)C(O)C2O)C(O)C1O)C(O)CO. The molecule has 2 fully saturated rings. The van der Waals surface area contributed by atoms with Crippen LogP contribution in [0.1, 0.15) is 19.3 Å². The second-order valence-electron chi connectivity index (χ2n) is 10.0.